The summed E-state index contributed by atoms with van der Waals surface area (Å²) in [5.74, 6) is -0.581. The molecule has 4 N–H and O–H groups in total. The molecule has 1 aromatic heterocycles. The molecule has 66 valence electrons. The predicted octanol–water partition coefficient (Wildman–Crippen LogP) is -0.336. The van der Waals surface area contributed by atoms with Gasteiger partial charge in [-0.25, -0.2) is 0 Å². The minimum atomic E-state index is -0.581. The van der Waals surface area contributed by atoms with Gasteiger partial charge in [0.15, 0.2) is 5.69 Å². The summed E-state index contributed by atoms with van der Waals surface area (Å²) in [6.07, 6.45) is 0.739. The Labute approximate surface area is 70.3 Å². The molecule has 0 atom stereocenters. The monoisotopic (exact) mass is 168 g/mol. The van der Waals surface area contributed by atoms with Gasteiger partial charge in [-0.3, -0.25) is 9.48 Å². The predicted molar refractivity (Wildman–Crippen MR) is 45.5 cm³/mol. The van der Waals surface area contributed by atoms with Crippen LogP contribution in [0.25, 0.3) is 0 Å². The van der Waals surface area contributed by atoms with Gasteiger partial charge in [0, 0.05) is 7.05 Å². The van der Waals surface area contributed by atoms with E-state index in [0.29, 0.717) is 5.69 Å². The molecule has 0 unspecified atom stereocenters. The quantitative estimate of drug-likeness (QED) is 0.633. The van der Waals surface area contributed by atoms with Crippen LogP contribution >= 0.6 is 0 Å². The van der Waals surface area contributed by atoms with Crippen LogP contribution in [0.4, 0.5) is 5.69 Å². The number of carbonyl (C=O) groups is 1. The van der Waals surface area contributed by atoms with Crippen LogP contribution in [0.2, 0.25) is 0 Å². The molecule has 12 heavy (non-hydrogen) atoms. The second kappa shape index (κ2) is 2.84. The van der Waals surface area contributed by atoms with E-state index >= 15 is 0 Å². The van der Waals surface area contributed by atoms with Gasteiger partial charge < -0.3 is 11.5 Å². The van der Waals surface area contributed by atoms with Crippen molar-refractivity contribution in [3.63, 3.8) is 0 Å². The standard InChI is InChI=1S/C7H12N4O/c1-3-4-5(8)6(7(9)12)10-11(4)2/h3,8H2,1-2H3,(H2,9,12). The van der Waals surface area contributed by atoms with E-state index in [1.54, 1.807) is 11.7 Å². The van der Waals surface area contributed by atoms with E-state index in [-0.39, 0.29) is 5.69 Å². The van der Waals surface area contributed by atoms with Gasteiger partial charge >= 0.3 is 0 Å². The first-order valence-corrected chi connectivity index (χ1v) is 3.69. The molecule has 1 heterocycles. The Morgan fingerprint density at radius 2 is 2.25 bits per heavy atom. The molecule has 0 bridgehead atoms. The average molecular weight is 168 g/mol. The summed E-state index contributed by atoms with van der Waals surface area (Å²) in [5.41, 5.74) is 12.1. The van der Waals surface area contributed by atoms with Gasteiger partial charge in [0.2, 0.25) is 0 Å². The van der Waals surface area contributed by atoms with Crippen LogP contribution in [-0.4, -0.2) is 15.7 Å². The van der Waals surface area contributed by atoms with Crippen molar-refractivity contribution < 1.29 is 4.79 Å². The number of aryl methyl sites for hydroxylation is 1. The number of nitrogens with two attached hydrogens (primary N) is 2. The van der Waals surface area contributed by atoms with E-state index in [1.807, 2.05) is 6.92 Å². The Hall–Kier alpha value is -1.52. The van der Waals surface area contributed by atoms with Gasteiger partial charge in [-0.05, 0) is 6.42 Å². The molecule has 1 amide bonds. The molecule has 0 aliphatic carbocycles. The fraction of sp³-hybridized carbons (Fsp3) is 0.429. The van der Waals surface area contributed by atoms with Crippen molar-refractivity contribution in [1.82, 2.24) is 9.78 Å². The molecule has 0 radical (unpaired) electrons. The second-order valence-corrected chi connectivity index (χ2v) is 2.55. The van der Waals surface area contributed by atoms with Crippen LogP contribution in [0.15, 0.2) is 0 Å². The molecular weight excluding hydrogens is 156 g/mol. The highest BCUT2D eigenvalue weighted by atomic mass is 16.1. The fourth-order valence-electron chi connectivity index (χ4n) is 1.18. The molecular formula is C7H12N4O. The Bertz CT molecular complexity index is 315. The van der Waals surface area contributed by atoms with Crippen LogP contribution in [0.5, 0.6) is 0 Å². The third-order valence-corrected chi connectivity index (χ3v) is 1.77. The molecule has 5 nitrogen and oxygen atoms in total. The molecule has 0 fully saturated rings. The Morgan fingerprint density at radius 1 is 1.67 bits per heavy atom. The Morgan fingerprint density at radius 3 is 2.50 bits per heavy atom. The van der Waals surface area contributed by atoms with Crippen molar-refractivity contribution in [2.24, 2.45) is 12.8 Å². The van der Waals surface area contributed by atoms with Crippen LogP contribution in [0, 0.1) is 0 Å². The maximum atomic E-state index is 10.8. The van der Waals surface area contributed by atoms with Gasteiger partial charge in [-0.15, -0.1) is 0 Å². The minimum absolute atomic E-state index is 0.161. The van der Waals surface area contributed by atoms with Crippen molar-refractivity contribution >= 4 is 11.6 Å². The van der Waals surface area contributed by atoms with E-state index in [1.165, 1.54) is 0 Å². The van der Waals surface area contributed by atoms with E-state index < -0.39 is 5.91 Å². The number of aromatic nitrogens is 2. The van der Waals surface area contributed by atoms with Crippen molar-refractivity contribution in [1.29, 1.82) is 0 Å². The third-order valence-electron chi connectivity index (χ3n) is 1.77. The van der Waals surface area contributed by atoms with Crippen molar-refractivity contribution in [2.75, 3.05) is 5.73 Å². The van der Waals surface area contributed by atoms with Crippen molar-refractivity contribution in [3.8, 4) is 0 Å². The largest absolute Gasteiger partial charge is 0.395 e. The lowest BCUT2D eigenvalue weighted by Gasteiger charge is -1.96. The number of rotatable bonds is 2. The van der Waals surface area contributed by atoms with E-state index in [9.17, 15) is 4.79 Å². The summed E-state index contributed by atoms with van der Waals surface area (Å²) in [7, 11) is 1.74. The van der Waals surface area contributed by atoms with Gasteiger partial charge in [0.05, 0.1) is 11.4 Å². The molecule has 0 saturated carbocycles. The molecule has 0 spiro atoms. The molecule has 1 aromatic rings. The second-order valence-electron chi connectivity index (χ2n) is 2.55. The maximum absolute atomic E-state index is 10.8. The van der Waals surface area contributed by atoms with E-state index in [0.717, 1.165) is 12.1 Å². The highest BCUT2D eigenvalue weighted by Gasteiger charge is 2.15. The SMILES string of the molecule is CCc1c(N)c(C(N)=O)nn1C. The van der Waals surface area contributed by atoms with Gasteiger partial charge in [0.25, 0.3) is 5.91 Å². The summed E-state index contributed by atoms with van der Waals surface area (Å²) in [6, 6.07) is 0. The zero-order chi connectivity index (χ0) is 9.30. The topological polar surface area (TPSA) is 86.9 Å². The first-order chi connectivity index (χ1) is 5.57. The minimum Gasteiger partial charge on any atom is -0.395 e. The number of nitrogens with zero attached hydrogens (tertiary/aromatic N) is 2. The highest BCUT2D eigenvalue weighted by molar-refractivity contribution is 5.96. The van der Waals surface area contributed by atoms with Gasteiger partial charge in [-0.1, -0.05) is 6.92 Å². The number of primary amides is 1. The zero-order valence-electron chi connectivity index (χ0n) is 7.16. The number of nitrogen functional groups attached to an aromatic ring is 1. The van der Waals surface area contributed by atoms with Crippen molar-refractivity contribution in [3.05, 3.63) is 11.4 Å². The molecule has 0 aromatic carbocycles. The summed E-state index contributed by atoms with van der Waals surface area (Å²) in [5, 5.41) is 3.90. The summed E-state index contributed by atoms with van der Waals surface area (Å²) < 4.78 is 1.58. The van der Waals surface area contributed by atoms with E-state index in [4.69, 9.17) is 11.5 Å². The third kappa shape index (κ3) is 1.13. The van der Waals surface area contributed by atoms with Gasteiger partial charge in [-0.2, -0.15) is 5.10 Å². The Balaban J connectivity index is 3.26. The van der Waals surface area contributed by atoms with Gasteiger partial charge in [0.1, 0.15) is 0 Å². The van der Waals surface area contributed by atoms with Crippen molar-refractivity contribution in [2.45, 2.75) is 13.3 Å². The number of amides is 1. The summed E-state index contributed by atoms with van der Waals surface area (Å²) in [4.78, 5) is 10.8. The molecule has 5 heteroatoms. The molecule has 0 saturated heterocycles. The normalized spacial score (nSPS) is 10.2. The zero-order valence-corrected chi connectivity index (χ0v) is 7.16. The summed E-state index contributed by atoms with van der Waals surface area (Å²) in [6.45, 7) is 1.94. The van der Waals surface area contributed by atoms with Crippen LogP contribution in [0.1, 0.15) is 23.1 Å². The Kier molecular flexibility index (Phi) is 2.03. The fourth-order valence-corrected chi connectivity index (χ4v) is 1.18. The number of hydrogen-bond donors (Lipinski definition) is 2. The molecule has 1 rings (SSSR count). The first kappa shape index (κ1) is 8.58. The lowest BCUT2D eigenvalue weighted by atomic mass is 10.2. The first-order valence-electron chi connectivity index (χ1n) is 3.69. The molecule has 0 aliphatic rings. The number of anilines is 1. The average Bonchev–Trinajstić information content (AvgIpc) is 2.27. The van der Waals surface area contributed by atoms with E-state index in [2.05, 4.69) is 5.10 Å². The van der Waals surface area contributed by atoms with Crippen LogP contribution < -0.4 is 11.5 Å². The lowest BCUT2D eigenvalue weighted by molar-refractivity contribution is 0.0995. The molecule has 0 aliphatic heterocycles. The number of carbonyl (C=O) groups excluding carboxylic acids is 1. The van der Waals surface area contributed by atoms with Crippen LogP contribution in [0.3, 0.4) is 0 Å². The lowest BCUT2D eigenvalue weighted by Crippen LogP contribution is -2.13. The highest BCUT2D eigenvalue weighted by Crippen LogP contribution is 2.15. The number of hydrogen-bond acceptors (Lipinski definition) is 3. The smallest absolute Gasteiger partial charge is 0.271 e. The summed E-state index contributed by atoms with van der Waals surface area (Å²) >= 11 is 0. The van der Waals surface area contributed by atoms with Crippen LogP contribution in [-0.2, 0) is 13.5 Å². The maximum Gasteiger partial charge on any atom is 0.271 e.